The summed E-state index contributed by atoms with van der Waals surface area (Å²) in [7, 11) is 1.76. The number of benzene rings is 1. The quantitative estimate of drug-likeness (QED) is 0.782. The highest BCUT2D eigenvalue weighted by molar-refractivity contribution is 5.68. The average molecular weight is 319 g/mol. The average Bonchev–Trinajstić information content (AvgIpc) is 2.92. The first-order chi connectivity index (χ1) is 10.8. The molecule has 0 fully saturated rings. The zero-order valence-electron chi connectivity index (χ0n) is 14.5. The Labute approximate surface area is 137 Å². The van der Waals surface area contributed by atoms with E-state index in [9.17, 15) is 4.79 Å². The lowest BCUT2D eigenvalue weighted by Crippen LogP contribution is -2.39. The molecule has 1 heterocycles. The van der Waals surface area contributed by atoms with Crippen molar-refractivity contribution in [3.05, 3.63) is 35.4 Å². The number of hydrogen-bond donors (Lipinski definition) is 0. The van der Waals surface area contributed by atoms with Crippen LogP contribution in [0, 0.1) is 0 Å². The maximum Gasteiger partial charge on any atom is 0.410 e. The lowest BCUT2D eigenvalue weighted by Gasteiger charge is -2.28. The Balaban J connectivity index is 1.88. The van der Waals surface area contributed by atoms with Crippen molar-refractivity contribution in [2.75, 3.05) is 7.05 Å². The summed E-state index contributed by atoms with van der Waals surface area (Å²) < 4.78 is 5.37. The fourth-order valence-electron chi connectivity index (χ4n) is 2.10. The van der Waals surface area contributed by atoms with E-state index in [0.717, 1.165) is 23.3 Å². The third kappa shape index (κ3) is 4.99. The summed E-state index contributed by atoms with van der Waals surface area (Å²) in [5, 5.41) is 0. The monoisotopic (exact) mass is 319 g/mol. The number of hydrogen-bond acceptors (Lipinski definition) is 4. The topological polar surface area (TPSA) is 48.0 Å². The standard InChI is InChI=1S/C18H25NO4/c1-13(19(5)17(20)22-18(2,3)4)7-6-8-14-9-10-15-12-21-23-16(15)11-14/h6,8-11,13H,7,12H2,1-5H3/b8-6-. The Kier molecular flexibility index (Phi) is 5.31. The van der Waals surface area contributed by atoms with Crippen molar-refractivity contribution < 1.29 is 19.3 Å². The maximum absolute atomic E-state index is 12.0. The van der Waals surface area contributed by atoms with Gasteiger partial charge in [0.1, 0.15) is 12.2 Å². The van der Waals surface area contributed by atoms with Crippen LogP contribution in [0.1, 0.15) is 45.2 Å². The Morgan fingerprint density at radius 1 is 1.43 bits per heavy atom. The van der Waals surface area contributed by atoms with Crippen molar-refractivity contribution in [3.63, 3.8) is 0 Å². The van der Waals surface area contributed by atoms with Crippen molar-refractivity contribution >= 4 is 12.2 Å². The molecular formula is C18H25NO4. The molecule has 1 amide bonds. The minimum Gasteiger partial charge on any atom is -0.444 e. The summed E-state index contributed by atoms with van der Waals surface area (Å²) in [4.78, 5) is 23.6. The maximum atomic E-state index is 12.0. The third-order valence-corrected chi connectivity index (χ3v) is 3.58. The number of carbonyl (C=O) groups is 1. The first-order valence-electron chi connectivity index (χ1n) is 7.81. The third-order valence-electron chi connectivity index (χ3n) is 3.58. The summed E-state index contributed by atoms with van der Waals surface area (Å²) in [5.74, 6) is 0.770. The molecule has 0 spiro atoms. The van der Waals surface area contributed by atoms with Gasteiger partial charge in [-0.3, -0.25) is 0 Å². The first-order valence-corrected chi connectivity index (χ1v) is 7.81. The van der Waals surface area contributed by atoms with Gasteiger partial charge in [0, 0.05) is 18.7 Å². The number of amides is 1. The Bertz CT molecular complexity index is 589. The van der Waals surface area contributed by atoms with Gasteiger partial charge in [0.25, 0.3) is 0 Å². The van der Waals surface area contributed by atoms with Gasteiger partial charge in [-0.25, -0.2) is 4.79 Å². The van der Waals surface area contributed by atoms with Crippen LogP contribution in [0.3, 0.4) is 0 Å². The molecular weight excluding hydrogens is 294 g/mol. The van der Waals surface area contributed by atoms with E-state index in [1.54, 1.807) is 11.9 Å². The minimum atomic E-state index is -0.479. The lowest BCUT2D eigenvalue weighted by atomic mass is 10.1. The van der Waals surface area contributed by atoms with Gasteiger partial charge in [-0.05, 0) is 45.7 Å². The zero-order chi connectivity index (χ0) is 17.0. The van der Waals surface area contributed by atoms with Gasteiger partial charge in [0.2, 0.25) is 0 Å². The van der Waals surface area contributed by atoms with Crippen LogP contribution in [0.2, 0.25) is 0 Å². The Morgan fingerprint density at radius 2 is 2.17 bits per heavy atom. The van der Waals surface area contributed by atoms with Gasteiger partial charge < -0.3 is 14.5 Å². The van der Waals surface area contributed by atoms with Gasteiger partial charge in [-0.2, -0.15) is 4.89 Å². The lowest BCUT2D eigenvalue weighted by molar-refractivity contribution is -0.194. The van der Waals surface area contributed by atoms with Crippen LogP contribution < -0.4 is 4.89 Å². The largest absolute Gasteiger partial charge is 0.444 e. The second-order valence-electron chi connectivity index (χ2n) is 6.79. The Hall–Kier alpha value is -2.01. The number of fused-ring (bicyclic) bond motifs is 1. The highest BCUT2D eigenvalue weighted by Crippen LogP contribution is 2.27. The molecule has 23 heavy (non-hydrogen) atoms. The molecule has 1 aliphatic rings. The normalized spacial score (nSPS) is 15.2. The van der Waals surface area contributed by atoms with Crippen molar-refractivity contribution in [3.8, 4) is 5.75 Å². The second kappa shape index (κ2) is 7.04. The van der Waals surface area contributed by atoms with Gasteiger partial charge in [0.05, 0.1) is 0 Å². The molecule has 0 radical (unpaired) electrons. The smallest absolute Gasteiger partial charge is 0.410 e. The van der Waals surface area contributed by atoms with Crippen LogP contribution in [0.15, 0.2) is 24.3 Å². The second-order valence-corrected chi connectivity index (χ2v) is 6.79. The summed E-state index contributed by atoms with van der Waals surface area (Å²) >= 11 is 0. The minimum absolute atomic E-state index is 0.0510. The first kappa shape index (κ1) is 17.3. The van der Waals surface area contributed by atoms with E-state index in [2.05, 4.69) is 0 Å². The van der Waals surface area contributed by atoms with E-state index >= 15 is 0 Å². The van der Waals surface area contributed by atoms with E-state index in [-0.39, 0.29) is 12.1 Å². The fraction of sp³-hybridized carbons (Fsp3) is 0.500. The molecule has 1 aromatic rings. The summed E-state index contributed by atoms with van der Waals surface area (Å²) in [6.45, 7) is 8.08. The molecule has 0 bridgehead atoms. The Morgan fingerprint density at radius 3 is 2.87 bits per heavy atom. The molecule has 5 nitrogen and oxygen atoms in total. The van der Waals surface area contributed by atoms with E-state index in [0.29, 0.717) is 6.61 Å². The van der Waals surface area contributed by atoms with Gasteiger partial charge in [-0.1, -0.05) is 24.3 Å². The molecule has 2 rings (SSSR count). The van der Waals surface area contributed by atoms with E-state index in [1.807, 2.05) is 58.0 Å². The van der Waals surface area contributed by atoms with E-state index in [1.165, 1.54) is 0 Å². The molecule has 1 aliphatic heterocycles. The van der Waals surface area contributed by atoms with Crippen molar-refractivity contribution in [2.24, 2.45) is 0 Å². The number of ether oxygens (including phenoxy) is 1. The SMILES string of the molecule is CC(C/C=C\c1ccc2c(c1)OOC2)N(C)C(=O)OC(C)(C)C. The van der Waals surface area contributed by atoms with Gasteiger partial charge in [-0.15, -0.1) is 0 Å². The molecule has 1 unspecified atom stereocenters. The van der Waals surface area contributed by atoms with E-state index < -0.39 is 5.60 Å². The molecule has 0 saturated carbocycles. The highest BCUT2D eigenvalue weighted by atomic mass is 17.2. The number of nitrogens with zero attached hydrogens (tertiary/aromatic N) is 1. The van der Waals surface area contributed by atoms with Crippen LogP contribution >= 0.6 is 0 Å². The van der Waals surface area contributed by atoms with Crippen molar-refractivity contribution in [2.45, 2.75) is 52.4 Å². The van der Waals surface area contributed by atoms with Crippen LogP contribution in [0.4, 0.5) is 4.79 Å². The van der Waals surface area contributed by atoms with Gasteiger partial charge >= 0.3 is 6.09 Å². The number of carbonyl (C=O) groups excluding carboxylic acids is 1. The van der Waals surface area contributed by atoms with Crippen molar-refractivity contribution in [1.29, 1.82) is 0 Å². The predicted molar refractivity (Wildman–Crippen MR) is 89.0 cm³/mol. The van der Waals surface area contributed by atoms with Crippen molar-refractivity contribution in [1.82, 2.24) is 4.90 Å². The highest BCUT2D eigenvalue weighted by Gasteiger charge is 2.22. The molecule has 0 N–H and O–H groups in total. The molecule has 0 saturated heterocycles. The molecule has 0 aromatic heterocycles. The van der Waals surface area contributed by atoms with Crippen LogP contribution in [0.5, 0.6) is 5.75 Å². The molecule has 1 atom stereocenters. The van der Waals surface area contributed by atoms with Crippen LogP contribution in [-0.2, 0) is 16.2 Å². The molecule has 0 aliphatic carbocycles. The summed E-state index contributed by atoms with van der Waals surface area (Å²) in [6, 6.07) is 6.02. The van der Waals surface area contributed by atoms with Crippen LogP contribution in [-0.4, -0.2) is 29.7 Å². The summed E-state index contributed by atoms with van der Waals surface area (Å²) in [5.41, 5.74) is 1.62. The predicted octanol–water partition coefficient (Wildman–Crippen LogP) is 4.17. The number of rotatable bonds is 4. The molecule has 1 aromatic carbocycles. The fourth-order valence-corrected chi connectivity index (χ4v) is 2.10. The van der Waals surface area contributed by atoms with Gasteiger partial charge in [0.15, 0.2) is 5.75 Å². The molecule has 126 valence electrons. The zero-order valence-corrected chi connectivity index (χ0v) is 14.5. The summed E-state index contributed by atoms with van der Waals surface area (Å²) in [6.07, 6.45) is 4.50. The van der Waals surface area contributed by atoms with Crippen LogP contribution in [0.25, 0.3) is 6.08 Å². The van der Waals surface area contributed by atoms with E-state index in [4.69, 9.17) is 14.5 Å². The molecule has 5 heteroatoms.